The lowest BCUT2D eigenvalue weighted by molar-refractivity contribution is -0.129. The van der Waals surface area contributed by atoms with Gasteiger partial charge in [0.05, 0.1) is 0 Å². The lowest BCUT2D eigenvalue weighted by atomic mass is 10.2. The number of hydrogen-bond acceptors (Lipinski definition) is 4. The number of benzene rings is 1. The van der Waals surface area contributed by atoms with Crippen molar-refractivity contribution in [1.29, 1.82) is 0 Å². The average molecular weight is 348 g/mol. The quantitative estimate of drug-likeness (QED) is 0.896. The van der Waals surface area contributed by atoms with E-state index in [9.17, 15) is 13.2 Å². The van der Waals surface area contributed by atoms with E-state index in [1.807, 2.05) is 30.3 Å². The molecule has 0 saturated carbocycles. The Morgan fingerprint density at radius 1 is 1.25 bits per heavy atom. The van der Waals surface area contributed by atoms with Crippen molar-refractivity contribution >= 4 is 15.9 Å². The van der Waals surface area contributed by atoms with Gasteiger partial charge in [-0.05, 0) is 31.9 Å². The van der Waals surface area contributed by atoms with Crippen molar-refractivity contribution in [3.05, 3.63) is 53.5 Å². The van der Waals surface area contributed by atoms with Gasteiger partial charge in [0.2, 0.25) is 15.9 Å². The normalized spacial score (nSPS) is 18.3. The van der Waals surface area contributed by atoms with Crippen molar-refractivity contribution in [3.8, 4) is 0 Å². The first-order valence-electron chi connectivity index (χ1n) is 7.79. The topological polar surface area (TPSA) is 79.6 Å². The summed E-state index contributed by atoms with van der Waals surface area (Å²) >= 11 is 0. The van der Waals surface area contributed by atoms with Crippen LogP contribution in [0.5, 0.6) is 0 Å². The van der Waals surface area contributed by atoms with Crippen LogP contribution in [-0.2, 0) is 21.4 Å². The third kappa shape index (κ3) is 3.37. The van der Waals surface area contributed by atoms with E-state index in [1.165, 1.54) is 6.07 Å². The summed E-state index contributed by atoms with van der Waals surface area (Å²) in [7, 11) is -3.77. The molecule has 1 saturated heterocycles. The molecule has 0 radical (unpaired) electrons. The van der Waals surface area contributed by atoms with Gasteiger partial charge in [-0.25, -0.2) is 8.42 Å². The molecule has 7 heteroatoms. The van der Waals surface area contributed by atoms with Crippen molar-refractivity contribution in [2.45, 2.75) is 37.8 Å². The van der Waals surface area contributed by atoms with Gasteiger partial charge in [-0.3, -0.25) is 4.79 Å². The second kappa shape index (κ2) is 6.41. The number of likely N-dealkylation sites (tertiary alicyclic amines) is 1. The van der Waals surface area contributed by atoms with Crippen LogP contribution in [0.4, 0.5) is 0 Å². The minimum absolute atomic E-state index is 0.0920. The average Bonchev–Trinajstić information content (AvgIpc) is 3.05. The molecule has 1 atom stereocenters. The molecule has 0 unspecified atom stereocenters. The predicted molar refractivity (Wildman–Crippen MR) is 88.8 cm³/mol. The van der Waals surface area contributed by atoms with Crippen LogP contribution in [0.1, 0.15) is 23.5 Å². The predicted octanol–water partition coefficient (Wildman–Crippen LogP) is 1.98. The molecule has 0 spiro atoms. The third-order valence-corrected chi connectivity index (χ3v) is 5.68. The lowest BCUT2D eigenvalue weighted by Gasteiger charge is -2.17. The molecule has 1 aromatic heterocycles. The van der Waals surface area contributed by atoms with Crippen LogP contribution in [0.25, 0.3) is 0 Å². The number of aryl methyl sites for hydroxylation is 2. The largest absolute Gasteiger partial charge is 0.465 e. The monoisotopic (exact) mass is 348 g/mol. The summed E-state index contributed by atoms with van der Waals surface area (Å²) in [6, 6.07) is 10.4. The molecular formula is C17H20N2O4S. The standard InChI is InChI=1S/C17H20N2O4S/c1-12-10-16(13(2)23-12)24(21,22)18-15-8-9-19(17(15)20)11-14-6-4-3-5-7-14/h3-7,10,15,18H,8-9,11H2,1-2H3/t15-/m1/s1. The fraction of sp³-hybridized carbons (Fsp3) is 0.353. The maximum absolute atomic E-state index is 12.5. The van der Waals surface area contributed by atoms with E-state index in [0.29, 0.717) is 31.0 Å². The molecule has 1 aromatic carbocycles. The number of sulfonamides is 1. The van der Waals surface area contributed by atoms with E-state index in [1.54, 1.807) is 18.7 Å². The molecule has 1 N–H and O–H groups in total. The number of nitrogens with one attached hydrogen (secondary N) is 1. The van der Waals surface area contributed by atoms with Crippen molar-refractivity contribution < 1.29 is 17.6 Å². The summed E-state index contributed by atoms with van der Waals surface area (Å²) in [5, 5.41) is 0. The Balaban J connectivity index is 1.70. The van der Waals surface area contributed by atoms with E-state index in [0.717, 1.165) is 5.56 Å². The second-order valence-corrected chi connectivity index (χ2v) is 7.67. The third-order valence-electron chi connectivity index (χ3n) is 4.10. The molecular weight excluding hydrogens is 328 g/mol. The van der Waals surface area contributed by atoms with Gasteiger partial charge < -0.3 is 9.32 Å². The molecule has 24 heavy (non-hydrogen) atoms. The van der Waals surface area contributed by atoms with E-state index in [-0.39, 0.29) is 10.8 Å². The first-order valence-corrected chi connectivity index (χ1v) is 9.27. The van der Waals surface area contributed by atoms with Crippen molar-refractivity contribution in [2.75, 3.05) is 6.54 Å². The van der Waals surface area contributed by atoms with Crippen LogP contribution in [0.3, 0.4) is 0 Å². The molecule has 1 amide bonds. The van der Waals surface area contributed by atoms with E-state index < -0.39 is 16.1 Å². The summed E-state index contributed by atoms with van der Waals surface area (Å²) < 4.78 is 32.8. The second-order valence-electron chi connectivity index (χ2n) is 5.99. The van der Waals surface area contributed by atoms with Crippen LogP contribution in [0, 0.1) is 13.8 Å². The Kier molecular flexibility index (Phi) is 4.47. The Labute approximate surface area is 141 Å². The van der Waals surface area contributed by atoms with Gasteiger partial charge in [-0.1, -0.05) is 30.3 Å². The number of nitrogens with zero attached hydrogens (tertiary/aromatic N) is 1. The summed E-state index contributed by atoms with van der Waals surface area (Å²) in [5.74, 6) is 0.656. The summed E-state index contributed by atoms with van der Waals surface area (Å²) in [5.41, 5.74) is 1.02. The maximum atomic E-state index is 12.5. The SMILES string of the molecule is Cc1cc(S(=O)(=O)N[C@@H]2CCN(Cc3ccccc3)C2=O)c(C)o1. The number of furan rings is 1. The molecule has 3 rings (SSSR count). The van der Waals surface area contributed by atoms with E-state index in [4.69, 9.17) is 4.42 Å². The Morgan fingerprint density at radius 3 is 2.58 bits per heavy atom. The van der Waals surface area contributed by atoms with Crippen molar-refractivity contribution in [2.24, 2.45) is 0 Å². The zero-order valence-electron chi connectivity index (χ0n) is 13.7. The van der Waals surface area contributed by atoms with Gasteiger partial charge in [-0.2, -0.15) is 4.72 Å². The highest BCUT2D eigenvalue weighted by Gasteiger charge is 2.35. The van der Waals surface area contributed by atoms with E-state index >= 15 is 0 Å². The molecule has 1 aliphatic heterocycles. The maximum Gasteiger partial charge on any atom is 0.244 e. The highest BCUT2D eigenvalue weighted by atomic mass is 32.2. The van der Waals surface area contributed by atoms with Crippen LogP contribution < -0.4 is 4.72 Å². The number of amides is 1. The van der Waals surface area contributed by atoms with Gasteiger partial charge in [0.25, 0.3) is 0 Å². The first-order chi connectivity index (χ1) is 11.4. The summed E-state index contributed by atoms with van der Waals surface area (Å²) in [6.45, 7) is 4.31. The number of rotatable bonds is 5. The summed E-state index contributed by atoms with van der Waals surface area (Å²) in [4.78, 5) is 14.3. The smallest absolute Gasteiger partial charge is 0.244 e. The summed E-state index contributed by atoms with van der Waals surface area (Å²) in [6.07, 6.45) is 0.459. The molecule has 2 heterocycles. The van der Waals surface area contributed by atoms with Gasteiger partial charge in [-0.15, -0.1) is 0 Å². The fourth-order valence-electron chi connectivity index (χ4n) is 2.93. The molecule has 128 valence electrons. The van der Waals surface area contributed by atoms with Crippen molar-refractivity contribution in [1.82, 2.24) is 9.62 Å². The van der Waals surface area contributed by atoms with E-state index in [2.05, 4.69) is 4.72 Å². The molecule has 1 fully saturated rings. The molecule has 1 aliphatic rings. The number of carbonyl (C=O) groups excluding carboxylic acids is 1. The van der Waals surface area contributed by atoms with Gasteiger partial charge in [0.1, 0.15) is 22.5 Å². The molecule has 0 bridgehead atoms. The minimum Gasteiger partial charge on any atom is -0.465 e. The van der Waals surface area contributed by atoms with Crippen LogP contribution in [0.15, 0.2) is 45.7 Å². The Bertz CT molecular complexity index is 843. The van der Waals surface area contributed by atoms with Crippen LogP contribution >= 0.6 is 0 Å². The number of carbonyl (C=O) groups is 1. The highest BCUT2D eigenvalue weighted by molar-refractivity contribution is 7.89. The Morgan fingerprint density at radius 2 is 1.96 bits per heavy atom. The van der Waals surface area contributed by atoms with Crippen LogP contribution in [0.2, 0.25) is 0 Å². The highest BCUT2D eigenvalue weighted by Crippen LogP contribution is 2.22. The lowest BCUT2D eigenvalue weighted by Crippen LogP contribution is -2.41. The molecule has 6 nitrogen and oxygen atoms in total. The number of hydrogen-bond donors (Lipinski definition) is 1. The fourth-order valence-corrected chi connectivity index (χ4v) is 4.40. The zero-order valence-corrected chi connectivity index (χ0v) is 14.5. The minimum atomic E-state index is -3.77. The molecule has 2 aromatic rings. The molecule has 0 aliphatic carbocycles. The van der Waals surface area contributed by atoms with Gasteiger partial charge in [0.15, 0.2) is 0 Å². The van der Waals surface area contributed by atoms with Gasteiger partial charge >= 0.3 is 0 Å². The first kappa shape index (κ1) is 16.7. The zero-order chi connectivity index (χ0) is 17.3. The van der Waals surface area contributed by atoms with Gasteiger partial charge in [0, 0.05) is 13.1 Å². The Hall–Kier alpha value is -2.12. The van der Waals surface area contributed by atoms with Crippen LogP contribution in [-0.4, -0.2) is 31.8 Å². The van der Waals surface area contributed by atoms with Crippen molar-refractivity contribution in [3.63, 3.8) is 0 Å².